The summed E-state index contributed by atoms with van der Waals surface area (Å²) in [4.78, 5) is 16.9. The van der Waals surface area contributed by atoms with Crippen molar-refractivity contribution in [1.29, 1.82) is 0 Å². The van der Waals surface area contributed by atoms with Crippen LogP contribution in [0.1, 0.15) is 0 Å². The summed E-state index contributed by atoms with van der Waals surface area (Å²) in [6.07, 6.45) is -4.17. The van der Waals surface area contributed by atoms with Gasteiger partial charge in [0.25, 0.3) is 0 Å². The molecule has 0 aromatic carbocycles. The summed E-state index contributed by atoms with van der Waals surface area (Å²) in [5.74, 6) is 0. The van der Waals surface area contributed by atoms with Crippen LogP contribution in [0, 0.1) is 0 Å². The Bertz CT molecular complexity index is 77.1. The van der Waals surface area contributed by atoms with Gasteiger partial charge in [0.1, 0.15) is 0 Å². The first-order chi connectivity index (χ1) is 3.46. The predicted octanol–water partition coefficient (Wildman–Crippen LogP) is -18.1. The average Bonchev–Trinajstić information content (AvgIpc) is 1.25. The SMILES string of the molecule is O.O.O.O.O.O.O.O.O.O.O.O.O=C([O-])O.O=C([O-])O.[Na+].[Na+]. The van der Waals surface area contributed by atoms with Gasteiger partial charge in [0.05, 0.1) is 0 Å². The van der Waals surface area contributed by atoms with Gasteiger partial charge in [-0.15, -0.1) is 0 Å². The monoisotopic (exact) mass is 384 g/mol. The number of carbonyl (C=O) groups is 2. The van der Waals surface area contributed by atoms with E-state index < -0.39 is 12.3 Å². The Morgan fingerprint density at radius 2 is 0.455 bits per heavy atom. The quantitative estimate of drug-likeness (QED) is 0.381. The van der Waals surface area contributed by atoms with Gasteiger partial charge in [-0.1, -0.05) is 0 Å². The van der Waals surface area contributed by atoms with E-state index in [-0.39, 0.29) is 125 Å². The van der Waals surface area contributed by atoms with Crippen molar-refractivity contribution in [3.8, 4) is 0 Å². The molecule has 22 heavy (non-hydrogen) atoms. The Morgan fingerprint density at radius 1 is 0.455 bits per heavy atom. The maximum Gasteiger partial charge on any atom is 1.00 e. The molecule has 0 amide bonds. The van der Waals surface area contributed by atoms with E-state index in [0.717, 1.165) is 0 Å². The molecular weight excluding hydrogens is 358 g/mol. The molecule has 0 fully saturated rings. The molecule has 0 heterocycles. The van der Waals surface area contributed by atoms with Crippen LogP contribution in [0.15, 0.2) is 0 Å². The van der Waals surface area contributed by atoms with Crippen LogP contribution in [0.5, 0.6) is 0 Å². The summed E-state index contributed by atoms with van der Waals surface area (Å²) < 4.78 is 0. The fourth-order valence-electron chi connectivity index (χ4n) is 0. The van der Waals surface area contributed by atoms with Crippen molar-refractivity contribution >= 4 is 12.3 Å². The standard InChI is InChI=1S/2CH2O3.2Na.12H2O/c2*2-1(3)4;;;;;;;;;;;;;;/h2*(H2,2,3,4);;;12*1H2/q;;2*+1;;;;;;;;;;;;/p-2. The molecule has 18 nitrogen and oxygen atoms in total. The molecule has 144 valence electrons. The van der Waals surface area contributed by atoms with Crippen LogP contribution in [0.2, 0.25) is 0 Å². The normalized spacial score (nSPS) is 2.18. The van der Waals surface area contributed by atoms with Crippen molar-refractivity contribution < 1.29 is 155 Å². The van der Waals surface area contributed by atoms with Crippen LogP contribution in [0.4, 0.5) is 9.59 Å². The maximum absolute atomic E-state index is 8.44. The molecule has 0 bridgehead atoms. The summed E-state index contributed by atoms with van der Waals surface area (Å²) in [6.45, 7) is 0. The second kappa shape index (κ2) is 231. The fourth-order valence-corrected chi connectivity index (χ4v) is 0. The molecule has 20 heteroatoms. The van der Waals surface area contributed by atoms with Gasteiger partial charge in [-0.2, -0.15) is 0 Å². The minimum absolute atomic E-state index is 0. The molecule has 0 unspecified atom stereocenters. The van der Waals surface area contributed by atoms with Gasteiger partial charge in [0.15, 0.2) is 0 Å². The van der Waals surface area contributed by atoms with Crippen molar-refractivity contribution in [2.75, 3.05) is 0 Å². The Labute approximate surface area is 166 Å². The summed E-state index contributed by atoms with van der Waals surface area (Å²) in [5, 5.41) is 30.6. The van der Waals surface area contributed by atoms with E-state index in [1.165, 1.54) is 0 Å². The molecule has 0 spiro atoms. The molecule has 0 saturated carbocycles. The minimum Gasteiger partial charge on any atom is -0.565 e. The van der Waals surface area contributed by atoms with Gasteiger partial charge in [-0.3, -0.25) is 0 Å². The minimum atomic E-state index is -2.08. The molecule has 0 radical (unpaired) electrons. The van der Waals surface area contributed by atoms with Gasteiger partial charge in [0.2, 0.25) is 12.3 Å². The molecule has 0 saturated heterocycles. The summed E-state index contributed by atoms with van der Waals surface area (Å²) in [7, 11) is 0. The Morgan fingerprint density at radius 3 is 0.455 bits per heavy atom. The van der Waals surface area contributed by atoms with E-state index in [1.54, 1.807) is 0 Å². The molecule has 0 aliphatic rings. The Balaban J connectivity index is -0.00000000143. The Kier molecular flexibility index (Phi) is 2790. The second-order valence-electron chi connectivity index (χ2n) is 0.532. The molecule has 0 aromatic rings. The molecule has 0 aromatic heterocycles. The van der Waals surface area contributed by atoms with Crippen molar-refractivity contribution in [3.05, 3.63) is 0 Å². The van der Waals surface area contributed by atoms with Gasteiger partial charge in [0, 0.05) is 0 Å². The van der Waals surface area contributed by atoms with Gasteiger partial charge >= 0.3 is 59.1 Å². The maximum atomic E-state index is 8.44. The van der Waals surface area contributed by atoms with Crippen molar-refractivity contribution in [2.24, 2.45) is 0 Å². The van der Waals surface area contributed by atoms with Crippen LogP contribution in [-0.4, -0.2) is 88.2 Å². The molecule has 0 aliphatic heterocycles. The van der Waals surface area contributed by atoms with Crippen LogP contribution in [0.25, 0.3) is 0 Å². The van der Waals surface area contributed by atoms with Gasteiger partial charge < -0.3 is 95.7 Å². The smallest absolute Gasteiger partial charge is 0.565 e. The molecule has 26 N–H and O–H groups in total. The van der Waals surface area contributed by atoms with E-state index in [2.05, 4.69) is 0 Å². The van der Waals surface area contributed by atoms with E-state index in [4.69, 9.17) is 30.0 Å². The second-order valence-corrected chi connectivity index (χ2v) is 0.532. The third-order valence-corrected chi connectivity index (χ3v) is 0. The van der Waals surface area contributed by atoms with Crippen LogP contribution in [-0.2, 0) is 0 Å². The van der Waals surface area contributed by atoms with E-state index in [0.29, 0.717) is 0 Å². The molecular formula is C2H26Na2O18. The first kappa shape index (κ1) is 266. The summed E-state index contributed by atoms with van der Waals surface area (Å²) in [6, 6.07) is 0. The van der Waals surface area contributed by atoms with Crippen molar-refractivity contribution in [2.45, 2.75) is 0 Å². The predicted molar refractivity (Wildman–Crippen MR) is 59.4 cm³/mol. The average molecular weight is 384 g/mol. The largest absolute Gasteiger partial charge is 1.00 e. The van der Waals surface area contributed by atoms with Crippen molar-refractivity contribution in [3.63, 3.8) is 0 Å². The van der Waals surface area contributed by atoms with E-state index >= 15 is 0 Å². The first-order valence-corrected chi connectivity index (χ1v) is 1.26. The Hall–Kier alpha value is 0.0600. The van der Waals surface area contributed by atoms with E-state index in [1.807, 2.05) is 0 Å². The topological polar surface area (TPSA) is 499 Å². The van der Waals surface area contributed by atoms with Gasteiger partial charge in [-0.05, 0) is 0 Å². The van der Waals surface area contributed by atoms with Crippen LogP contribution >= 0.6 is 0 Å². The summed E-state index contributed by atoms with van der Waals surface area (Å²) in [5.41, 5.74) is 0. The first-order valence-electron chi connectivity index (χ1n) is 1.26. The van der Waals surface area contributed by atoms with Gasteiger partial charge in [-0.25, -0.2) is 0 Å². The van der Waals surface area contributed by atoms with Crippen LogP contribution < -0.4 is 69.3 Å². The third-order valence-electron chi connectivity index (χ3n) is 0. The number of hydrogen-bond donors (Lipinski definition) is 2. The summed E-state index contributed by atoms with van der Waals surface area (Å²) >= 11 is 0. The zero-order chi connectivity index (χ0) is 7.15. The zero-order valence-corrected chi connectivity index (χ0v) is 15.5. The number of hydrogen-bond acceptors (Lipinski definition) is 4. The third kappa shape index (κ3) is 2020000. The number of rotatable bonds is 0. The number of carboxylic acid groups (broad SMARTS) is 4. The molecule has 0 aliphatic carbocycles. The molecule has 0 rings (SSSR count). The van der Waals surface area contributed by atoms with E-state index in [9.17, 15) is 0 Å². The van der Waals surface area contributed by atoms with Crippen molar-refractivity contribution in [1.82, 2.24) is 0 Å². The molecule has 0 atom stereocenters. The van der Waals surface area contributed by atoms with Crippen LogP contribution in [0.3, 0.4) is 0 Å². The fraction of sp³-hybridized carbons (Fsp3) is 0. The zero-order valence-electron chi connectivity index (χ0n) is 11.5.